The number of nitrogens with zero attached hydrogens (tertiary/aromatic N) is 1. The number of ether oxygens (including phenoxy) is 1. The standard InChI is InChI=1S/C14H18N2O2/c1-9-8-14(18-16-9)11(3)17-13-6-4-12(5-7-13)10(2)15/h4-8,10-11H,15H2,1-3H3. The summed E-state index contributed by atoms with van der Waals surface area (Å²) in [6.07, 6.45) is -0.160. The summed E-state index contributed by atoms with van der Waals surface area (Å²) in [5.74, 6) is 1.52. The first-order valence-corrected chi connectivity index (χ1v) is 6.01. The van der Waals surface area contributed by atoms with Crippen LogP contribution in [0.2, 0.25) is 0 Å². The maximum atomic E-state index is 5.79. The van der Waals surface area contributed by atoms with Crippen molar-refractivity contribution < 1.29 is 9.26 Å². The summed E-state index contributed by atoms with van der Waals surface area (Å²) in [5, 5.41) is 3.85. The molecule has 0 aliphatic heterocycles. The molecule has 0 saturated heterocycles. The summed E-state index contributed by atoms with van der Waals surface area (Å²) in [5.41, 5.74) is 7.74. The van der Waals surface area contributed by atoms with Gasteiger partial charge in [-0.25, -0.2) is 0 Å². The van der Waals surface area contributed by atoms with Crippen molar-refractivity contribution in [2.75, 3.05) is 0 Å². The number of aryl methyl sites for hydroxylation is 1. The zero-order valence-electron chi connectivity index (χ0n) is 10.9. The summed E-state index contributed by atoms with van der Waals surface area (Å²) in [6, 6.07) is 9.68. The van der Waals surface area contributed by atoms with Gasteiger partial charge in [-0.1, -0.05) is 17.3 Å². The van der Waals surface area contributed by atoms with E-state index in [1.54, 1.807) is 0 Å². The van der Waals surface area contributed by atoms with Gasteiger partial charge in [0.2, 0.25) is 0 Å². The highest BCUT2D eigenvalue weighted by Crippen LogP contribution is 2.23. The van der Waals surface area contributed by atoms with Crippen molar-refractivity contribution >= 4 is 0 Å². The van der Waals surface area contributed by atoms with E-state index in [2.05, 4.69) is 5.16 Å². The molecule has 96 valence electrons. The second-order valence-corrected chi connectivity index (χ2v) is 4.49. The second-order valence-electron chi connectivity index (χ2n) is 4.49. The lowest BCUT2D eigenvalue weighted by molar-refractivity contribution is 0.181. The number of hydrogen-bond donors (Lipinski definition) is 1. The lowest BCUT2D eigenvalue weighted by Gasteiger charge is -2.12. The molecule has 4 nitrogen and oxygen atoms in total. The van der Waals surface area contributed by atoms with E-state index in [9.17, 15) is 0 Å². The van der Waals surface area contributed by atoms with Crippen LogP contribution in [-0.4, -0.2) is 5.16 Å². The molecule has 0 saturated carbocycles. The molecular formula is C14H18N2O2. The minimum absolute atomic E-state index is 0.0356. The first-order chi connectivity index (χ1) is 8.56. The van der Waals surface area contributed by atoms with Gasteiger partial charge in [-0.3, -0.25) is 0 Å². The first-order valence-electron chi connectivity index (χ1n) is 6.01. The molecule has 0 bridgehead atoms. The smallest absolute Gasteiger partial charge is 0.177 e. The highest BCUT2D eigenvalue weighted by atomic mass is 16.5. The van der Waals surface area contributed by atoms with Crippen molar-refractivity contribution in [1.82, 2.24) is 5.16 Å². The molecule has 0 fully saturated rings. The average Bonchev–Trinajstić information content (AvgIpc) is 2.76. The first kappa shape index (κ1) is 12.6. The van der Waals surface area contributed by atoms with Crippen LogP contribution < -0.4 is 10.5 Å². The summed E-state index contributed by atoms with van der Waals surface area (Å²) in [7, 11) is 0. The number of benzene rings is 1. The van der Waals surface area contributed by atoms with Gasteiger partial charge in [0.05, 0.1) is 5.69 Å². The quantitative estimate of drug-likeness (QED) is 0.900. The summed E-state index contributed by atoms with van der Waals surface area (Å²) in [6.45, 7) is 5.77. The topological polar surface area (TPSA) is 61.3 Å². The molecule has 0 spiro atoms. The molecule has 0 amide bonds. The van der Waals surface area contributed by atoms with Crippen LogP contribution in [0.1, 0.15) is 43.0 Å². The van der Waals surface area contributed by atoms with Crippen molar-refractivity contribution in [2.24, 2.45) is 5.73 Å². The lowest BCUT2D eigenvalue weighted by Crippen LogP contribution is -2.05. The molecule has 2 atom stereocenters. The normalized spacial score (nSPS) is 14.2. The zero-order chi connectivity index (χ0) is 13.1. The van der Waals surface area contributed by atoms with E-state index >= 15 is 0 Å². The van der Waals surface area contributed by atoms with E-state index in [1.807, 2.05) is 51.1 Å². The van der Waals surface area contributed by atoms with Crippen molar-refractivity contribution in [2.45, 2.75) is 32.9 Å². The fourth-order valence-corrected chi connectivity index (χ4v) is 1.69. The molecule has 1 aromatic carbocycles. The SMILES string of the molecule is Cc1cc(C(C)Oc2ccc(C(C)N)cc2)on1. The molecule has 1 aromatic heterocycles. The highest BCUT2D eigenvalue weighted by Gasteiger charge is 2.12. The average molecular weight is 246 g/mol. The molecule has 4 heteroatoms. The Morgan fingerprint density at radius 3 is 2.39 bits per heavy atom. The Balaban J connectivity index is 2.05. The van der Waals surface area contributed by atoms with E-state index in [-0.39, 0.29) is 12.1 Å². The Bertz CT molecular complexity index is 503. The summed E-state index contributed by atoms with van der Waals surface area (Å²) < 4.78 is 10.9. The molecule has 1 heterocycles. The Morgan fingerprint density at radius 1 is 1.22 bits per heavy atom. The molecule has 2 N–H and O–H groups in total. The Labute approximate surface area is 107 Å². The van der Waals surface area contributed by atoms with Gasteiger partial charge in [-0.2, -0.15) is 0 Å². The monoisotopic (exact) mass is 246 g/mol. The van der Waals surface area contributed by atoms with Gasteiger partial charge in [0.15, 0.2) is 11.9 Å². The highest BCUT2D eigenvalue weighted by molar-refractivity contribution is 5.29. The van der Waals surface area contributed by atoms with Crippen LogP contribution >= 0.6 is 0 Å². The number of nitrogens with two attached hydrogens (primary N) is 1. The molecule has 18 heavy (non-hydrogen) atoms. The van der Waals surface area contributed by atoms with Gasteiger partial charge in [0.1, 0.15) is 5.75 Å². The van der Waals surface area contributed by atoms with Crippen LogP contribution in [0.25, 0.3) is 0 Å². The minimum atomic E-state index is -0.160. The fraction of sp³-hybridized carbons (Fsp3) is 0.357. The van der Waals surface area contributed by atoms with Gasteiger partial charge in [0, 0.05) is 12.1 Å². The Hall–Kier alpha value is -1.81. The second kappa shape index (κ2) is 5.23. The van der Waals surface area contributed by atoms with Crippen LogP contribution in [0, 0.1) is 6.92 Å². The summed E-state index contributed by atoms with van der Waals surface area (Å²) >= 11 is 0. The zero-order valence-corrected chi connectivity index (χ0v) is 10.9. The number of rotatable bonds is 4. The van der Waals surface area contributed by atoms with Crippen molar-refractivity contribution in [1.29, 1.82) is 0 Å². The van der Waals surface area contributed by atoms with Crippen molar-refractivity contribution in [3.05, 3.63) is 47.3 Å². The maximum absolute atomic E-state index is 5.79. The molecule has 2 rings (SSSR count). The Kier molecular flexibility index (Phi) is 3.67. The van der Waals surface area contributed by atoms with Crippen LogP contribution in [0.15, 0.2) is 34.9 Å². The van der Waals surface area contributed by atoms with Gasteiger partial charge in [0.25, 0.3) is 0 Å². The van der Waals surface area contributed by atoms with E-state index in [0.717, 1.165) is 22.8 Å². The molecule has 0 aliphatic rings. The molecule has 0 aliphatic carbocycles. The molecule has 0 radical (unpaired) electrons. The van der Waals surface area contributed by atoms with Crippen LogP contribution in [0.5, 0.6) is 5.75 Å². The van der Waals surface area contributed by atoms with Crippen molar-refractivity contribution in [3.8, 4) is 5.75 Å². The fourth-order valence-electron chi connectivity index (χ4n) is 1.69. The van der Waals surface area contributed by atoms with Crippen molar-refractivity contribution in [3.63, 3.8) is 0 Å². The lowest BCUT2D eigenvalue weighted by atomic mass is 10.1. The minimum Gasteiger partial charge on any atom is -0.483 e. The predicted octanol–water partition coefficient (Wildman–Crippen LogP) is 3.14. The Morgan fingerprint density at radius 2 is 1.89 bits per heavy atom. The molecule has 2 aromatic rings. The number of hydrogen-bond acceptors (Lipinski definition) is 4. The van der Waals surface area contributed by atoms with E-state index in [4.69, 9.17) is 15.0 Å². The van der Waals surface area contributed by atoms with Crippen LogP contribution in [0.3, 0.4) is 0 Å². The summed E-state index contributed by atoms with van der Waals surface area (Å²) in [4.78, 5) is 0. The predicted molar refractivity (Wildman–Crippen MR) is 69.3 cm³/mol. The third kappa shape index (κ3) is 2.90. The van der Waals surface area contributed by atoms with Gasteiger partial charge in [-0.15, -0.1) is 0 Å². The van der Waals surface area contributed by atoms with E-state index < -0.39 is 0 Å². The van der Waals surface area contributed by atoms with Gasteiger partial charge >= 0.3 is 0 Å². The van der Waals surface area contributed by atoms with E-state index in [1.165, 1.54) is 0 Å². The largest absolute Gasteiger partial charge is 0.483 e. The third-order valence-corrected chi connectivity index (χ3v) is 2.77. The van der Waals surface area contributed by atoms with E-state index in [0.29, 0.717) is 0 Å². The van der Waals surface area contributed by atoms with Crippen LogP contribution in [0.4, 0.5) is 0 Å². The number of aromatic nitrogens is 1. The third-order valence-electron chi connectivity index (χ3n) is 2.77. The molecular weight excluding hydrogens is 228 g/mol. The molecule has 2 unspecified atom stereocenters. The van der Waals surface area contributed by atoms with Gasteiger partial charge in [-0.05, 0) is 38.5 Å². The van der Waals surface area contributed by atoms with Gasteiger partial charge < -0.3 is 15.0 Å². The van der Waals surface area contributed by atoms with Crippen LogP contribution in [-0.2, 0) is 0 Å². The maximum Gasteiger partial charge on any atom is 0.177 e.